The summed E-state index contributed by atoms with van der Waals surface area (Å²) < 4.78 is 27.9. The number of fused-ring (bicyclic) bond motifs is 1. The number of carbonyl (C=O) groups is 2. The van der Waals surface area contributed by atoms with Gasteiger partial charge in [0, 0.05) is 17.2 Å². The number of allylic oxidation sites excluding steroid dienone is 2. The van der Waals surface area contributed by atoms with Crippen molar-refractivity contribution in [2.24, 2.45) is 0 Å². The van der Waals surface area contributed by atoms with Crippen molar-refractivity contribution in [3.05, 3.63) is 46.4 Å². The van der Waals surface area contributed by atoms with Crippen molar-refractivity contribution in [1.82, 2.24) is 0 Å². The Balaban J connectivity index is 2.56. The van der Waals surface area contributed by atoms with Crippen LogP contribution >= 0.6 is 0 Å². The van der Waals surface area contributed by atoms with E-state index in [1.165, 1.54) is 19.1 Å². The van der Waals surface area contributed by atoms with Crippen LogP contribution in [-0.4, -0.2) is 26.6 Å². The van der Waals surface area contributed by atoms with Gasteiger partial charge in [0.05, 0.1) is 6.61 Å². The summed E-state index contributed by atoms with van der Waals surface area (Å²) in [6.07, 6.45) is 0.815. The van der Waals surface area contributed by atoms with Crippen LogP contribution in [0.5, 0.6) is 0 Å². The fourth-order valence-corrected chi connectivity index (χ4v) is 2.72. The van der Waals surface area contributed by atoms with E-state index in [-0.39, 0.29) is 17.7 Å². The van der Waals surface area contributed by atoms with Crippen molar-refractivity contribution < 1.29 is 22.2 Å². The van der Waals surface area contributed by atoms with Crippen LogP contribution < -0.4 is 0 Å². The largest absolute Gasteiger partial charge is 0.301 e. The zero-order valence-electron chi connectivity index (χ0n) is 9.54. The quantitative estimate of drug-likeness (QED) is 0.771. The molecule has 0 aromatic heterocycles. The molecule has 0 saturated heterocycles. The molecule has 0 radical (unpaired) electrons. The Morgan fingerprint density at radius 2 is 1.72 bits per heavy atom. The number of ketones is 2. The first kappa shape index (κ1) is 12.7. The third-order valence-corrected chi connectivity index (χ3v) is 3.85. The predicted octanol–water partition coefficient (Wildman–Crippen LogP) is 1.32. The molecule has 0 amide bonds. The Morgan fingerprint density at radius 3 is 2.33 bits per heavy atom. The maximum atomic E-state index is 12.0. The van der Waals surface area contributed by atoms with Gasteiger partial charge in [0.1, 0.15) is 4.91 Å². The molecule has 94 valence electrons. The van der Waals surface area contributed by atoms with Gasteiger partial charge in [-0.2, -0.15) is 8.42 Å². The zero-order chi connectivity index (χ0) is 13.3. The van der Waals surface area contributed by atoms with Crippen LogP contribution in [0.15, 0.2) is 35.2 Å². The minimum Gasteiger partial charge on any atom is -0.289 e. The van der Waals surface area contributed by atoms with Gasteiger partial charge in [-0.05, 0) is 6.92 Å². The highest BCUT2D eigenvalue weighted by molar-refractivity contribution is 7.91. The Morgan fingerprint density at radius 1 is 1.11 bits per heavy atom. The summed E-state index contributed by atoms with van der Waals surface area (Å²) in [7, 11) is -4.17. The molecule has 0 aliphatic heterocycles. The first-order valence-corrected chi connectivity index (χ1v) is 6.67. The molecule has 5 nitrogen and oxygen atoms in total. The smallest absolute Gasteiger partial charge is 0.289 e. The molecule has 0 bridgehead atoms. The highest BCUT2D eigenvalue weighted by Gasteiger charge is 2.33. The zero-order valence-corrected chi connectivity index (χ0v) is 10.4. The first-order valence-electron chi connectivity index (χ1n) is 5.26. The highest BCUT2D eigenvalue weighted by atomic mass is 32.2. The van der Waals surface area contributed by atoms with E-state index in [4.69, 9.17) is 0 Å². The summed E-state index contributed by atoms with van der Waals surface area (Å²) >= 11 is 0. The van der Waals surface area contributed by atoms with Gasteiger partial charge < -0.3 is 0 Å². The van der Waals surface area contributed by atoms with Gasteiger partial charge in [-0.1, -0.05) is 24.3 Å². The molecular formula is C12H10O5S. The highest BCUT2D eigenvalue weighted by Crippen LogP contribution is 2.25. The molecule has 6 heteroatoms. The fourth-order valence-electron chi connectivity index (χ4n) is 1.70. The molecule has 0 heterocycles. The molecular weight excluding hydrogens is 256 g/mol. The third kappa shape index (κ3) is 2.00. The fraction of sp³-hybridized carbons (Fsp3) is 0.167. The van der Waals surface area contributed by atoms with E-state index >= 15 is 0 Å². The van der Waals surface area contributed by atoms with E-state index in [9.17, 15) is 18.0 Å². The van der Waals surface area contributed by atoms with Crippen LogP contribution in [0, 0.1) is 0 Å². The number of benzene rings is 1. The van der Waals surface area contributed by atoms with Crippen LogP contribution in [0.4, 0.5) is 0 Å². The lowest BCUT2D eigenvalue weighted by molar-refractivity contribution is 0.0988. The number of hydrogen-bond donors (Lipinski definition) is 0. The van der Waals surface area contributed by atoms with Gasteiger partial charge in [0.25, 0.3) is 0 Å². The van der Waals surface area contributed by atoms with Gasteiger partial charge in [-0.25, -0.2) is 0 Å². The molecule has 1 aromatic rings. The average molecular weight is 266 g/mol. The van der Waals surface area contributed by atoms with E-state index in [0.29, 0.717) is 0 Å². The van der Waals surface area contributed by atoms with Crippen molar-refractivity contribution in [2.45, 2.75) is 6.92 Å². The van der Waals surface area contributed by atoms with E-state index in [0.717, 1.165) is 6.08 Å². The Hall–Kier alpha value is -1.79. The molecule has 1 aromatic carbocycles. The van der Waals surface area contributed by atoms with Crippen LogP contribution in [0.1, 0.15) is 27.6 Å². The summed E-state index contributed by atoms with van der Waals surface area (Å²) in [4.78, 5) is 23.1. The molecule has 0 spiro atoms. The van der Waals surface area contributed by atoms with E-state index in [1.807, 2.05) is 0 Å². The maximum Gasteiger partial charge on any atom is 0.301 e. The lowest BCUT2D eigenvalue weighted by atomic mass is 9.95. The van der Waals surface area contributed by atoms with Gasteiger partial charge in [0.15, 0.2) is 5.78 Å². The Labute approximate surface area is 104 Å². The molecule has 0 N–H and O–H groups in total. The molecule has 0 atom stereocenters. The summed E-state index contributed by atoms with van der Waals surface area (Å²) in [6, 6.07) is 6.08. The van der Waals surface area contributed by atoms with Crippen LogP contribution in [-0.2, 0) is 14.3 Å². The molecule has 1 aliphatic rings. The molecule has 2 rings (SSSR count). The second-order valence-electron chi connectivity index (χ2n) is 3.61. The number of rotatable bonds is 3. The minimum atomic E-state index is -4.17. The van der Waals surface area contributed by atoms with E-state index in [2.05, 4.69) is 4.18 Å². The lowest BCUT2D eigenvalue weighted by Crippen LogP contribution is -2.23. The molecule has 0 unspecified atom stereocenters. The lowest BCUT2D eigenvalue weighted by Gasteiger charge is -2.14. The summed E-state index contributed by atoms with van der Waals surface area (Å²) in [6.45, 7) is 1.39. The number of Topliss-reactive ketones (excluding diaryl/α,β-unsaturated/α-hetero) is 1. The Bertz CT molecular complexity index is 655. The van der Waals surface area contributed by atoms with Gasteiger partial charge in [-0.3, -0.25) is 13.8 Å². The van der Waals surface area contributed by atoms with Crippen molar-refractivity contribution >= 4 is 21.7 Å². The Kier molecular flexibility index (Phi) is 3.14. The predicted molar refractivity (Wildman–Crippen MR) is 63.7 cm³/mol. The molecule has 0 saturated carbocycles. The molecule has 1 aliphatic carbocycles. The van der Waals surface area contributed by atoms with Crippen molar-refractivity contribution in [1.29, 1.82) is 0 Å². The number of hydrogen-bond acceptors (Lipinski definition) is 5. The summed E-state index contributed by atoms with van der Waals surface area (Å²) in [5, 5.41) is 0. The second-order valence-corrected chi connectivity index (χ2v) is 5.19. The SMILES string of the molecule is CCOS(=O)(=O)C1=CC(=O)c2ccccc2C1=O. The van der Waals surface area contributed by atoms with Gasteiger partial charge >= 0.3 is 10.1 Å². The second kappa shape index (κ2) is 4.47. The minimum absolute atomic E-state index is 0.0864. The van der Waals surface area contributed by atoms with Crippen molar-refractivity contribution in [3.8, 4) is 0 Å². The molecule has 0 fully saturated rings. The monoisotopic (exact) mass is 266 g/mol. The standard InChI is InChI=1S/C12H10O5S/c1-2-17-18(15,16)11-7-10(13)8-5-3-4-6-9(8)12(11)14/h3-7H,2H2,1H3. The summed E-state index contributed by atoms with van der Waals surface area (Å²) in [5.41, 5.74) is 0.293. The van der Waals surface area contributed by atoms with Crippen LogP contribution in [0.2, 0.25) is 0 Å². The van der Waals surface area contributed by atoms with E-state index < -0.39 is 26.6 Å². The van der Waals surface area contributed by atoms with Gasteiger partial charge in [0.2, 0.25) is 5.78 Å². The van der Waals surface area contributed by atoms with Crippen LogP contribution in [0.25, 0.3) is 0 Å². The van der Waals surface area contributed by atoms with Crippen molar-refractivity contribution in [3.63, 3.8) is 0 Å². The first-order chi connectivity index (χ1) is 8.47. The van der Waals surface area contributed by atoms with E-state index in [1.54, 1.807) is 12.1 Å². The normalized spacial score (nSPS) is 15.3. The molecule has 18 heavy (non-hydrogen) atoms. The number of carbonyl (C=O) groups excluding carboxylic acids is 2. The third-order valence-electron chi connectivity index (χ3n) is 2.47. The summed E-state index contributed by atoms with van der Waals surface area (Å²) in [5.74, 6) is -1.22. The average Bonchev–Trinajstić information content (AvgIpc) is 2.33. The van der Waals surface area contributed by atoms with Crippen LogP contribution in [0.3, 0.4) is 0 Å². The topological polar surface area (TPSA) is 77.5 Å². The maximum absolute atomic E-state index is 12.0. The van der Waals surface area contributed by atoms with Crippen molar-refractivity contribution in [2.75, 3.05) is 6.61 Å². The van der Waals surface area contributed by atoms with Gasteiger partial charge in [-0.15, -0.1) is 0 Å².